The van der Waals surface area contributed by atoms with Crippen LogP contribution in [0.1, 0.15) is 0 Å². The van der Waals surface area contributed by atoms with Crippen LogP contribution >= 0.6 is 0 Å². The Bertz CT molecular complexity index is 120. The fourth-order valence-corrected chi connectivity index (χ4v) is 1.28. The maximum atomic E-state index is 5.41. The maximum Gasteiger partial charge on any atom is 0.131 e. The van der Waals surface area contributed by atoms with E-state index in [0.29, 0.717) is 0 Å². The second-order valence-electron chi connectivity index (χ2n) is 1.22. The van der Waals surface area contributed by atoms with Crippen molar-refractivity contribution in [1.82, 2.24) is 5.32 Å². The molecule has 1 heterocycles. The van der Waals surface area contributed by atoms with Crippen LogP contribution in [0.4, 0.5) is 0 Å². The topological polar surface area (TPSA) is 38.0 Å². The lowest BCUT2D eigenvalue weighted by molar-refractivity contribution is 0.835. The maximum absolute atomic E-state index is 5.41. The van der Waals surface area contributed by atoms with Crippen LogP contribution in [0.15, 0.2) is 11.6 Å². The van der Waals surface area contributed by atoms with Gasteiger partial charge in [-0.05, 0) is 16.6 Å². The van der Waals surface area contributed by atoms with Gasteiger partial charge in [0.25, 0.3) is 0 Å². The molecule has 0 fully saturated rings. The van der Waals surface area contributed by atoms with Crippen LogP contribution in [0, 0.1) is 0 Å². The number of nitrogens with two attached hydrogens (primary N) is 1. The van der Waals surface area contributed by atoms with E-state index in [-0.39, 0.29) is 15.0 Å². The van der Waals surface area contributed by atoms with Gasteiger partial charge in [-0.3, -0.25) is 0 Å². The van der Waals surface area contributed by atoms with E-state index in [4.69, 9.17) is 16.9 Å². The molecule has 0 spiro atoms. The molecule has 2 unspecified atom stereocenters. The SMILES string of the molecule is NC1NC=CS1=S. The zero-order chi connectivity index (χ0) is 5.28. The monoisotopic (exact) mass is 134 g/mol. The van der Waals surface area contributed by atoms with Crippen molar-refractivity contribution in [2.45, 2.75) is 5.50 Å². The van der Waals surface area contributed by atoms with Crippen molar-refractivity contribution in [3.05, 3.63) is 11.6 Å². The van der Waals surface area contributed by atoms with E-state index in [9.17, 15) is 0 Å². The fourth-order valence-electron chi connectivity index (χ4n) is 0.353. The molecule has 0 aromatic carbocycles. The molecule has 2 atom stereocenters. The van der Waals surface area contributed by atoms with Crippen LogP contribution in [0.2, 0.25) is 0 Å². The van der Waals surface area contributed by atoms with Gasteiger partial charge in [-0.2, -0.15) is 0 Å². The Hall–Kier alpha value is 0.0700. The van der Waals surface area contributed by atoms with Gasteiger partial charge >= 0.3 is 0 Å². The average molecular weight is 134 g/mol. The van der Waals surface area contributed by atoms with Gasteiger partial charge in [-0.1, -0.05) is 9.45 Å². The van der Waals surface area contributed by atoms with Crippen molar-refractivity contribution in [2.24, 2.45) is 5.73 Å². The van der Waals surface area contributed by atoms with Crippen LogP contribution in [-0.4, -0.2) is 5.50 Å². The third kappa shape index (κ3) is 0.992. The van der Waals surface area contributed by atoms with Gasteiger partial charge < -0.3 is 11.1 Å². The summed E-state index contributed by atoms with van der Waals surface area (Å²) in [6.07, 6.45) is 1.81. The van der Waals surface area contributed by atoms with Crippen molar-refractivity contribution in [3.8, 4) is 0 Å². The molecule has 0 bridgehead atoms. The van der Waals surface area contributed by atoms with E-state index in [0.717, 1.165) is 0 Å². The first-order valence-corrected chi connectivity index (χ1v) is 4.16. The number of hydrogen-bond donors (Lipinski definition) is 2. The van der Waals surface area contributed by atoms with Gasteiger partial charge in [-0.15, -0.1) is 0 Å². The summed E-state index contributed by atoms with van der Waals surface area (Å²) in [5.41, 5.74) is 5.41. The Morgan fingerprint density at radius 2 is 2.57 bits per heavy atom. The normalized spacial score (nSPS) is 38.4. The fraction of sp³-hybridized carbons (Fsp3) is 0.333. The van der Waals surface area contributed by atoms with Crippen LogP contribution in [0.25, 0.3) is 0 Å². The number of nitrogens with one attached hydrogen (secondary N) is 1. The van der Waals surface area contributed by atoms with Crippen LogP contribution in [-0.2, 0) is 20.6 Å². The summed E-state index contributed by atoms with van der Waals surface area (Å²) in [6, 6.07) is 0. The Labute approximate surface area is 49.4 Å². The third-order valence-electron chi connectivity index (χ3n) is 0.713. The van der Waals surface area contributed by atoms with E-state index < -0.39 is 0 Å². The predicted octanol–water partition coefficient (Wildman–Crippen LogP) is -0.617. The molecule has 40 valence electrons. The lowest BCUT2D eigenvalue weighted by atomic mass is 10.9. The smallest absolute Gasteiger partial charge is 0.131 e. The summed E-state index contributed by atoms with van der Waals surface area (Å²) in [7, 11) is -0.148. The molecular weight excluding hydrogens is 128 g/mol. The van der Waals surface area contributed by atoms with Gasteiger partial charge in [0.1, 0.15) is 5.50 Å². The van der Waals surface area contributed by atoms with Crippen molar-refractivity contribution < 1.29 is 0 Å². The van der Waals surface area contributed by atoms with E-state index in [1.165, 1.54) is 0 Å². The lowest BCUT2D eigenvalue weighted by Crippen LogP contribution is -2.32. The molecule has 0 aromatic heterocycles. The molecule has 0 saturated heterocycles. The highest BCUT2D eigenvalue weighted by atomic mass is 32.8. The first-order chi connectivity index (χ1) is 3.30. The molecule has 3 N–H and O–H groups in total. The highest BCUT2D eigenvalue weighted by Crippen LogP contribution is 1.94. The second kappa shape index (κ2) is 1.90. The molecule has 0 aromatic rings. The van der Waals surface area contributed by atoms with E-state index in [1.807, 2.05) is 5.41 Å². The van der Waals surface area contributed by atoms with E-state index in [2.05, 4.69) is 5.32 Å². The molecule has 0 radical (unpaired) electrons. The number of hydrogen-bond acceptors (Lipinski definition) is 3. The zero-order valence-corrected chi connectivity index (χ0v) is 5.26. The minimum atomic E-state index is -0.148. The first kappa shape index (κ1) is 5.21. The Morgan fingerprint density at radius 1 is 1.86 bits per heavy atom. The molecule has 1 rings (SSSR count). The average Bonchev–Trinajstić information content (AvgIpc) is 1.91. The molecule has 1 aliphatic rings. The summed E-state index contributed by atoms with van der Waals surface area (Å²) in [5, 5.41) is 4.78. The van der Waals surface area contributed by atoms with Crippen LogP contribution in [0.3, 0.4) is 0 Å². The van der Waals surface area contributed by atoms with E-state index in [1.54, 1.807) is 6.20 Å². The summed E-state index contributed by atoms with van der Waals surface area (Å²) in [6.45, 7) is 0. The van der Waals surface area contributed by atoms with Gasteiger partial charge in [0, 0.05) is 6.20 Å². The summed E-state index contributed by atoms with van der Waals surface area (Å²) < 4.78 is 0. The number of rotatable bonds is 0. The van der Waals surface area contributed by atoms with Crippen molar-refractivity contribution in [2.75, 3.05) is 0 Å². The van der Waals surface area contributed by atoms with Crippen LogP contribution in [0.5, 0.6) is 0 Å². The summed E-state index contributed by atoms with van der Waals surface area (Å²) >= 11 is 4.88. The molecule has 0 amide bonds. The largest absolute Gasteiger partial charge is 0.367 e. The Kier molecular flexibility index (Phi) is 1.41. The molecule has 0 aliphatic carbocycles. The van der Waals surface area contributed by atoms with Gasteiger partial charge in [0.2, 0.25) is 0 Å². The van der Waals surface area contributed by atoms with Gasteiger partial charge in [-0.25, -0.2) is 0 Å². The third-order valence-corrected chi connectivity index (χ3v) is 2.71. The quantitative estimate of drug-likeness (QED) is 0.464. The standard InChI is InChI=1S/C3H6N2S2/c4-3-5-1-2-7(3)6/h1-3,5H,4H2. The van der Waals surface area contributed by atoms with Gasteiger partial charge in [0.15, 0.2) is 0 Å². The highest BCUT2D eigenvalue weighted by Gasteiger charge is 2.05. The predicted molar refractivity (Wildman–Crippen MR) is 35.0 cm³/mol. The molecule has 7 heavy (non-hydrogen) atoms. The first-order valence-electron chi connectivity index (χ1n) is 1.88. The van der Waals surface area contributed by atoms with Crippen LogP contribution < -0.4 is 11.1 Å². The van der Waals surface area contributed by atoms with Crippen molar-refractivity contribution in [1.29, 1.82) is 0 Å². The molecular formula is C3H6N2S2. The van der Waals surface area contributed by atoms with Crippen molar-refractivity contribution >= 4 is 20.6 Å². The summed E-state index contributed by atoms with van der Waals surface area (Å²) in [4.78, 5) is 0. The van der Waals surface area contributed by atoms with Crippen molar-refractivity contribution in [3.63, 3.8) is 0 Å². The van der Waals surface area contributed by atoms with Gasteiger partial charge in [0.05, 0.1) is 0 Å². The molecule has 4 heteroatoms. The Balaban J connectivity index is 2.62. The minimum Gasteiger partial charge on any atom is -0.367 e. The summed E-state index contributed by atoms with van der Waals surface area (Å²) in [5.74, 6) is 0. The highest BCUT2D eigenvalue weighted by molar-refractivity contribution is 8.30. The molecule has 1 aliphatic heterocycles. The second-order valence-corrected chi connectivity index (χ2v) is 3.81. The molecule has 2 nitrogen and oxygen atoms in total. The van der Waals surface area contributed by atoms with E-state index >= 15 is 0 Å². The Morgan fingerprint density at radius 3 is 2.71 bits per heavy atom. The zero-order valence-electron chi connectivity index (χ0n) is 3.63. The molecule has 0 saturated carbocycles. The lowest BCUT2D eigenvalue weighted by Gasteiger charge is -2.00. The minimum absolute atomic E-state index is 0.00463.